The van der Waals surface area contributed by atoms with Crippen molar-refractivity contribution in [1.29, 1.82) is 0 Å². The van der Waals surface area contributed by atoms with Crippen LogP contribution in [0.1, 0.15) is 65.2 Å². The fourth-order valence-corrected chi connectivity index (χ4v) is 10.7. The maximum absolute atomic E-state index is 6.35. The molecule has 4 nitrogen and oxygen atoms in total. The lowest BCUT2D eigenvalue weighted by Crippen LogP contribution is -2.73. The fraction of sp³-hybridized carbons (Fsp3) is 1.00. The molecule has 4 rings (SSSR count). The molecule has 4 fully saturated rings. The van der Waals surface area contributed by atoms with Gasteiger partial charge in [0.15, 0.2) is 0 Å². The third-order valence-electron chi connectivity index (χ3n) is 8.85. The Labute approximate surface area is 168 Å². The van der Waals surface area contributed by atoms with E-state index in [0.717, 1.165) is 35.5 Å². The number of piperidine rings is 2. The van der Waals surface area contributed by atoms with Crippen molar-refractivity contribution >= 4 is 8.88 Å². The molecule has 2 heterocycles. The standard InChI is InChI=1S/C22H42N2O2Si/c1-17-7-5-9-19-15-23(13-11-21(17)19)27(25-3,26-4)24-14-12-22-18(2)8-6-10-20(22)16-24/h17-22H,5-16H2,1-4H3/t17?,18?,19-,20?,21?,22?/m0/s1. The van der Waals surface area contributed by atoms with Crippen LogP contribution in [0.4, 0.5) is 0 Å². The zero-order chi connectivity index (χ0) is 19.0. The summed E-state index contributed by atoms with van der Waals surface area (Å²) in [5, 5.41) is 0. The Morgan fingerprint density at radius 2 is 1.11 bits per heavy atom. The van der Waals surface area contributed by atoms with Crippen LogP contribution >= 0.6 is 0 Å². The molecule has 2 aliphatic heterocycles. The number of rotatable bonds is 4. The number of nitrogens with zero attached hydrogens (tertiary/aromatic N) is 2. The van der Waals surface area contributed by atoms with Gasteiger partial charge < -0.3 is 8.85 Å². The quantitative estimate of drug-likeness (QED) is 0.666. The first kappa shape index (κ1) is 20.3. The third kappa shape index (κ3) is 3.68. The average Bonchev–Trinajstić information content (AvgIpc) is 2.70. The summed E-state index contributed by atoms with van der Waals surface area (Å²) < 4.78 is 18.1. The van der Waals surface area contributed by atoms with E-state index in [9.17, 15) is 0 Å². The third-order valence-corrected chi connectivity index (χ3v) is 12.3. The second-order valence-electron chi connectivity index (χ2n) is 10.1. The summed E-state index contributed by atoms with van der Waals surface area (Å²) in [5.74, 6) is 5.39. The van der Waals surface area contributed by atoms with E-state index in [2.05, 4.69) is 23.0 Å². The Balaban J connectivity index is 1.49. The van der Waals surface area contributed by atoms with Crippen LogP contribution < -0.4 is 0 Å². The number of hydrogen-bond donors (Lipinski definition) is 0. The van der Waals surface area contributed by atoms with Gasteiger partial charge in [-0.3, -0.25) is 9.13 Å². The first-order chi connectivity index (χ1) is 13.1. The molecule has 0 aromatic carbocycles. The van der Waals surface area contributed by atoms with Crippen LogP contribution in [-0.4, -0.2) is 58.4 Å². The Kier molecular flexibility index (Phi) is 6.35. The van der Waals surface area contributed by atoms with Gasteiger partial charge in [0, 0.05) is 27.3 Å². The largest absolute Gasteiger partial charge is 0.522 e. The van der Waals surface area contributed by atoms with Gasteiger partial charge in [-0.25, -0.2) is 0 Å². The smallest absolute Gasteiger partial charge is 0.374 e. The van der Waals surface area contributed by atoms with E-state index in [1.54, 1.807) is 0 Å². The monoisotopic (exact) mass is 394 g/mol. The summed E-state index contributed by atoms with van der Waals surface area (Å²) in [6.45, 7) is 9.70. The highest BCUT2D eigenvalue weighted by atomic mass is 28.4. The van der Waals surface area contributed by atoms with E-state index in [1.165, 1.54) is 77.5 Å². The van der Waals surface area contributed by atoms with Crippen molar-refractivity contribution in [2.24, 2.45) is 35.5 Å². The Hall–Kier alpha value is 0.0569. The van der Waals surface area contributed by atoms with Crippen molar-refractivity contribution in [2.75, 3.05) is 40.4 Å². The van der Waals surface area contributed by atoms with E-state index in [1.807, 2.05) is 14.2 Å². The van der Waals surface area contributed by atoms with Gasteiger partial charge in [-0.1, -0.05) is 39.5 Å². The first-order valence-corrected chi connectivity index (χ1v) is 13.4. The minimum Gasteiger partial charge on any atom is -0.374 e. The molecule has 5 unspecified atom stereocenters. The van der Waals surface area contributed by atoms with Crippen molar-refractivity contribution in [3.05, 3.63) is 0 Å². The molecule has 0 bridgehead atoms. The molecule has 0 aromatic heterocycles. The molecule has 156 valence electrons. The average molecular weight is 395 g/mol. The van der Waals surface area contributed by atoms with Gasteiger partial charge in [-0.05, 0) is 74.3 Å². The van der Waals surface area contributed by atoms with Gasteiger partial charge in [0.25, 0.3) is 0 Å². The van der Waals surface area contributed by atoms with Crippen molar-refractivity contribution in [3.63, 3.8) is 0 Å². The Morgan fingerprint density at radius 1 is 0.667 bits per heavy atom. The lowest BCUT2D eigenvalue weighted by Gasteiger charge is -2.54. The molecule has 6 atom stereocenters. The van der Waals surface area contributed by atoms with Gasteiger partial charge in [0.2, 0.25) is 0 Å². The topological polar surface area (TPSA) is 24.9 Å². The zero-order valence-electron chi connectivity index (χ0n) is 18.2. The highest BCUT2D eigenvalue weighted by Gasteiger charge is 2.55. The molecule has 0 N–H and O–H groups in total. The molecule has 2 aliphatic carbocycles. The van der Waals surface area contributed by atoms with Crippen LogP contribution in [0.5, 0.6) is 0 Å². The van der Waals surface area contributed by atoms with E-state index in [4.69, 9.17) is 8.85 Å². The lowest BCUT2D eigenvalue weighted by molar-refractivity contribution is 0.00334. The summed E-state index contributed by atoms with van der Waals surface area (Å²) in [6.07, 6.45) is 11.2. The van der Waals surface area contributed by atoms with Gasteiger partial charge in [0.1, 0.15) is 0 Å². The van der Waals surface area contributed by atoms with Gasteiger partial charge in [-0.15, -0.1) is 0 Å². The van der Waals surface area contributed by atoms with Crippen molar-refractivity contribution in [3.8, 4) is 0 Å². The van der Waals surface area contributed by atoms with E-state index in [0.29, 0.717) is 0 Å². The first-order valence-electron chi connectivity index (χ1n) is 11.7. The summed E-state index contributed by atoms with van der Waals surface area (Å²) in [5.41, 5.74) is 0. The van der Waals surface area contributed by atoms with Crippen LogP contribution in [0.15, 0.2) is 0 Å². The van der Waals surface area contributed by atoms with Gasteiger partial charge >= 0.3 is 8.88 Å². The molecule has 2 saturated heterocycles. The normalized spacial score (nSPS) is 41.8. The molecular formula is C22H42N2O2Si. The van der Waals surface area contributed by atoms with Crippen LogP contribution in [0.2, 0.25) is 0 Å². The van der Waals surface area contributed by atoms with Crippen molar-refractivity contribution in [2.45, 2.75) is 65.2 Å². The molecule has 4 aliphatic rings. The van der Waals surface area contributed by atoms with E-state index < -0.39 is 8.88 Å². The number of hydrogen-bond acceptors (Lipinski definition) is 4. The minimum atomic E-state index is -2.47. The summed E-state index contributed by atoms with van der Waals surface area (Å²) in [7, 11) is 1.36. The second kappa shape index (κ2) is 8.43. The van der Waals surface area contributed by atoms with E-state index in [-0.39, 0.29) is 0 Å². The predicted molar refractivity (Wildman–Crippen MR) is 112 cm³/mol. The molecular weight excluding hydrogens is 352 g/mol. The summed E-state index contributed by atoms with van der Waals surface area (Å²) in [4.78, 5) is 0. The SMILES string of the molecule is CO[Si](OC)(N1CCC2C(C)CCCC2C1)N1CCC2C(C)CCC[C@H]2C1. The second-order valence-corrected chi connectivity index (χ2v) is 13.3. The minimum absolute atomic E-state index is 0.854. The van der Waals surface area contributed by atoms with Crippen molar-refractivity contribution < 1.29 is 8.85 Å². The fourth-order valence-electron chi connectivity index (χ4n) is 7.35. The van der Waals surface area contributed by atoms with Crippen LogP contribution in [0.25, 0.3) is 0 Å². The zero-order valence-corrected chi connectivity index (χ0v) is 19.2. The molecule has 2 saturated carbocycles. The summed E-state index contributed by atoms with van der Waals surface area (Å²) in [6, 6.07) is 0. The maximum Gasteiger partial charge on any atom is 0.522 e. The molecule has 0 aromatic rings. The predicted octanol–water partition coefficient (Wildman–Crippen LogP) is 4.23. The van der Waals surface area contributed by atoms with E-state index >= 15 is 0 Å². The maximum atomic E-state index is 6.35. The Bertz CT molecular complexity index is 461. The summed E-state index contributed by atoms with van der Waals surface area (Å²) >= 11 is 0. The number of fused-ring (bicyclic) bond motifs is 2. The molecule has 0 spiro atoms. The lowest BCUT2D eigenvalue weighted by atomic mass is 9.70. The highest BCUT2D eigenvalue weighted by Crippen LogP contribution is 2.44. The Morgan fingerprint density at radius 3 is 1.52 bits per heavy atom. The molecule has 0 amide bonds. The van der Waals surface area contributed by atoms with Crippen LogP contribution in [0.3, 0.4) is 0 Å². The molecule has 5 heteroatoms. The van der Waals surface area contributed by atoms with Crippen LogP contribution in [0, 0.1) is 35.5 Å². The van der Waals surface area contributed by atoms with Gasteiger partial charge in [0.05, 0.1) is 0 Å². The van der Waals surface area contributed by atoms with Crippen LogP contribution in [-0.2, 0) is 8.85 Å². The molecule has 27 heavy (non-hydrogen) atoms. The highest BCUT2D eigenvalue weighted by molar-refractivity contribution is 6.61. The molecule has 0 radical (unpaired) electrons. The van der Waals surface area contributed by atoms with Crippen molar-refractivity contribution in [1.82, 2.24) is 9.13 Å². The van der Waals surface area contributed by atoms with Gasteiger partial charge in [-0.2, -0.15) is 0 Å².